The molecular weight excluding hydrogens is 338 g/mol. The van der Waals surface area contributed by atoms with E-state index in [0.29, 0.717) is 26.1 Å². The molecule has 3 rings (SSSR count). The van der Waals surface area contributed by atoms with Crippen molar-refractivity contribution in [2.45, 2.75) is 17.4 Å². The fourth-order valence-corrected chi connectivity index (χ4v) is 4.38. The molecule has 2 heterocycles. The van der Waals surface area contributed by atoms with E-state index < -0.39 is 14.9 Å². The molecule has 0 aromatic heterocycles. The van der Waals surface area contributed by atoms with Gasteiger partial charge in [-0.3, -0.25) is 19.8 Å². The third-order valence-electron chi connectivity index (χ3n) is 4.31. The zero-order chi connectivity index (χ0) is 17.3. The maximum Gasteiger partial charge on any atom is 0.323 e. The molecular formula is C14H17N3O6S. The highest BCUT2D eigenvalue weighted by Crippen LogP contribution is 2.22. The number of non-ortho nitro benzene ring substituents is 1. The van der Waals surface area contributed by atoms with Crippen LogP contribution in [0.25, 0.3) is 0 Å². The van der Waals surface area contributed by atoms with Crippen LogP contribution in [0.1, 0.15) is 6.42 Å². The molecule has 0 aliphatic carbocycles. The number of nitrogens with zero attached hydrogens (tertiary/aromatic N) is 3. The highest BCUT2D eigenvalue weighted by Gasteiger charge is 2.36. The number of benzene rings is 1. The van der Waals surface area contributed by atoms with Gasteiger partial charge in [-0.15, -0.1) is 0 Å². The second-order valence-corrected chi connectivity index (χ2v) is 7.60. The average Bonchev–Trinajstić information content (AvgIpc) is 3.01. The molecule has 1 unspecified atom stereocenters. The van der Waals surface area contributed by atoms with Gasteiger partial charge in [0.1, 0.15) is 6.04 Å². The molecule has 2 fully saturated rings. The number of hydrogen-bond donors (Lipinski definition) is 0. The first kappa shape index (κ1) is 16.8. The number of ether oxygens (including phenoxy) is 1. The van der Waals surface area contributed by atoms with Gasteiger partial charge in [0.25, 0.3) is 5.69 Å². The van der Waals surface area contributed by atoms with E-state index in [9.17, 15) is 23.3 Å². The van der Waals surface area contributed by atoms with Crippen LogP contribution in [0.15, 0.2) is 29.2 Å². The molecule has 2 aliphatic rings. The summed E-state index contributed by atoms with van der Waals surface area (Å²) < 4.78 is 31.5. The SMILES string of the molecule is O=C1OCCC1N1CCN(S(=O)(=O)c2ccc([N+](=O)[O-])cc2)CC1. The molecule has 1 atom stereocenters. The molecule has 0 saturated carbocycles. The summed E-state index contributed by atoms with van der Waals surface area (Å²) in [6, 6.07) is 4.56. The van der Waals surface area contributed by atoms with Crippen LogP contribution < -0.4 is 0 Å². The van der Waals surface area contributed by atoms with E-state index in [1.807, 2.05) is 4.90 Å². The highest BCUT2D eigenvalue weighted by atomic mass is 32.2. The van der Waals surface area contributed by atoms with Gasteiger partial charge < -0.3 is 4.74 Å². The van der Waals surface area contributed by atoms with Crippen molar-refractivity contribution in [3.8, 4) is 0 Å². The van der Waals surface area contributed by atoms with Crippen molar-refractivity contribution < 1.29 is 22.9 Å². The van der Waals surface area contributed by atoms with Gasteiger partial charge in [-0.1, -0.05) is 0 Å². The number of carbonyl (C=O) groups is 1. The van der Waals surface area contributed by atoms with Crippen LogP contribution in [0.2, 0.25) is 0 Å². The maximum absolute atomic E-state index is 12.6. The first-order valence-corrected chi connectivity index (χ1v) is 8.99. The number of sulfonamides is 1. The Hall–Kier alpha value is -2.04. The number of cyclic esters (lactones) is 1. The van der Waals surface area contributed by atoms with E-state index in [2.05, 4.69) is 0 Å². The Morgan fingerprint density at radius 1 is 1.12 bits per heavy atom. The van der Waals surface area contributed by atoms with Gasteiger partial charge in [0.05, 0.1) is 16.4 Å². The van der Waals surface area contributed by atoms with E-state index in [4.69, 9.17) is 4.74 Å². The minimum Gasteiger partial charge on any atom is -0.464 e. The number of esters is 1. The lowest BCUT2D eigenvalue weighted by Gasteiger charge is -2.35. The van der Waals surface area contributed by atoms with Crippen LogP contribution in [0, 0.1) is 10.1 Å². The van der Waals surface area contributed by atoms with Crippen molar-refractivity contribution in [3.63, 3.8) is 0 Å². The zero-order valence-electron chi connectivity index (χ0n) is 12.8. The topological polar surface area (TPSA) is 110 Å². The van der Waals surface area contributed by atoms with Crippen LogP contribution in [0.4, 0.5) is 5.69 Å². The van der Waals surface area contributed by atoms with E-state index >= 15 is 0 Å². The molecule has 24 heavy (non-hydrogen) atoms. The summed E-state index contributed by atoms with van der Waals surface area (Å²) in [6.45, 7) is 1.84. The molecule has 0 radical (unpaired) electrons. The number of rotatable bonds is 4. The van der Waals surface area contributed by atoms with Crippen LogP contribution in [-0.4, -0.2) is 67.3 Å². The number of carbonyl (C=O) groups excluding carboxylic acids is 1. The van der Waals surface area contributed by atoms with Gasteiger partial charge in [-0.05, 0) is 12.1 Å². The van der Waals surface area contributed by atoms with Crippen molar-refractivity contribution in [2.75, 3.05) is 32.8 Å². The van der Waals surface area contributed by atoms with E-state index in [1.54, 1.807) is 0 Å². The summed E-state index contributed by atoms with van der Waals surface area (Å²) >= 11 is 0. The number of hydrogen-bond acceptors (Lipinski definition) is 7. The summed E-state index contributed by atoms with van der Waals surface area (Å²) in [5.41, 5.74) is -0.154. The van der Waals surface area contributed by atoms with Gasteiger partial charge in [-0.25, -0.2) is 8.42 Å². The fraction of sp³-hybridized carbons (Fsp3) is 0.500. The molecule has 0 amide bonds. The predicted octanol–water partition coefficient (Wildman–Crippen LogP) is 0.217. The second-order valence-electron chi connectivity index (χ2n) is 5.66. The van der Waals surface area contributed by atoms with Crippen molar-refractivity contribution in [1.82, 2.24) is 9.21 Å². The third-order valence-corrected chi connectivity index (χ3v) is 6.22. The minimum absolute atomic E-state index is 0.0295. The molecule has 2 saturated heterocycles. The monoisotopic (exact) mass is 355 g/mol. The summed E-state index contributed by atoms with van der Waals surface area (Å²) in [5.74, 6) is -0.248. The summed E-state index contributed by atoms with van der Waals surface area (Å²) in [4.78, 5) is 23.7. The average molecular weight is 355 g/mol. The molecule has 2 aliphatic heterocycles. The Bertz CT molecular complexity index is 740. The number of piperazine rings is 1. The van der Waals surface area contributed by atoms with Crippen LogP contribution in [0.5, 0.6) is 0 Å². The van der Waals surface area contributed by atoms with Gasteiger partial charge in [0, 0.05) is 44.7 Å². The molecule has 1 aromatic carbocycles. The third kappa shape index (κ3) is 3.12. The lowest BCUT2D eigenvalue weighted by atomic mass is 10.2. The van der Waals surface area contributed by atoms with Gasteiger partial charge >= 0.3 is 5.97 Å². The quantitative estimate of drug-likeness (QED) is 0.431. The van der Waals surface area contributed by atoms with E-state index in [1.165, 1.54) is 28.6 Å². The van der Waals surface area contributed by atoms with Gasteiger partial charge in [0.15, 0.2) is 0 Å². The molecule has 10 heteroatoms. The standard InChI is InChI=1S/C14H17N3O6S/c18-14-13(5-10-23-14)15-6-8-16(9-7-15)24(21,22)12-3-1-11(2-4-12)17(19)20/h1-4,13H,5-10H2. The van der Waals surface area contributed by atoms with Gasteiger partial charge in [-0.2, -0.15) is 4.31 Å². The van der Waals surface area contributed by atoms with Crippen molar-refractivity contribution in [3.05, 3.63) is 34.4 Å². The normalized spacial score (nSPS) is 23.2. The van der Waals surface area contributed by atoms with Crippen molar-refractivity contribution >= 4 is 21.7 Å². The van der Waals surface area contributed by atoms with Crippen LogP contribution in [0.3, 0.4) is 0 Å². The van der Waals surface area contributed by atoms with Gasteiger partial charge in [0.2, 0.25) is 10.0 Å². The minimum atomic E-state index is -3.70. The fourth-order valence-electron chi connectivity index (χ4n) is 2.96. The largest absolute Gasteiger partial charge is 0.464 e. The Labute approximate surface area is 139 Å². The number of nitro groups is 1. The van der Waals surface area contributed by atoms with E-state index in [0.717, 1.165) is 0 Å². The first-order valence-electron chi connectivity index (χ1n) is 7.55. The maximum atomic E-state index is 12.6. The molecule has 130 valence electrons. The highest BCUT2D eigenvalue weighted by molar-refractivity contribution is 7.89. The van der Waals surface area contributed by atoms with Crippen molar-refractivity contribution in [2.24, 2.45) is 0 Å². The molecule has 0 N–H and O–H groups in total. The lowest BCUT2D eigenvalue weighted by Crippen LogP contribution is -2.52. The zero-order valence-corrected chi connectivity index (χ0v) is 13.6. The van der Waals surface area contributed by atoms with Crippen molar-refractivity contribution in [1.29, 1.82) is 0 Å². The van der Waals surface area contributed by atoms with Crippen LogP contribution in [-0.2, 0) is 19.6 Å². The summed E-state index contributed by atoms with van der Waals surface area (Å²) in [5, 5.41) is 10.7. The number of nitro benzene ring substituents is 1. The Morgan fingerprint density at radius 3 is 2.25 bits per heavy atom. The summed E-state index contributed by atoms with van der Waals surface area (Å²) in [6.07, 6.45) is 0.633. The Balaban J connectivity index is 1.68. The molecule has 0 bridgehead atoms. The Kier molecular flexibility index (Phi) is 4.52. The van der Waals surface area contributed by atoms with E-state index in [-0.39, 0.29) is 35.7 Å². The Morgan fingerprint density at radius 2 is 1.75 bits per heavy atom. The summed E-state index contributed by atoms with van der Waals surface area (Å²) in [7, 11) is -3.70. The van der Waals surface area contributed by atoms with Crippen LogP contribution >= 0.6 is 0 Å². The first-order chi connectivity index (χ1) is 11.4. The molecule has 0 spiro atoms. The second kappa shape index (κ2) is 6.46. The molecule has 1 aromatic rings. The lowest BCUT2D eigenvalue weighted by molar-refractivity contribution is -0.384. The smallest absolute Gasteiger partial charge is 0.323 e. The molecule has 9 nitrogen and oxygen atoms in total. The predicted molar refractivity (Wildman–Crippen MR) is 82.8 cm³/mol.